The Kier molecular flexibility index (Phi) is 4.48. The van der Waals surface area contributed by atoms with E-state index in [1.54, 1.807) is 17.7 Å². The number of nitrogens with zero attached hydrogens (tertiary/aromatic N) is 5. The van der Waals surface area contributed by atoms with Crippen molar-refractivity contribution in [1.82, 2.24) is 24.4 Å². The first kappa shape index (κ1) is 17.4. The number of nitriles is 1. The molecule has 1 saturated heterocycles. The number of nitrogens with one attached hydrogen (secondary N) is 1. The molecule has 3 heterocycles. The van der Waals surface area contributed by atoms with Crippen LogP contribution >= 0.6 is 0 Å². The first-order chi connectivity index (χ1) is 13.1. The van der Waals surface area contributed by atoms with Crippen LogP contribution in [0.2, 0.25) is 0 Å². The third-order valence-corrected chi connectivity index (χ3v) is 5.20. The molecule has 3 aliphatic rings. The topological polar surface area (TPSA) is 115 Å². The maximum Gasteiger partial charge on any atom is 0.330 e. The Morgan fingerprint density at radius 2 is 2.15 bits per heavy atom. The minimum Gasteiger partial charge on any atom is -0.327 e. The van der Waals surface area contributed by atoms with Crippen LogP contribution in [-0.4, -0.2) is 31.7 Å². The van der Waals surface area contributed by atoms with Crippen molar-refractivity contribution in [3.05, 3.63) is 57.9 Å². The lowest BCUT2D eigenvalue weighted by Gasteiger charge is -2.31. The number of rotatable bonds is 3. The fourth-order valence-electron chi connectivity index (χ4n) is 3.74. The average Bonchev–Trinajstić information content (AvgIpc) is 3.17. The van der Waals surface area contributed by atoms with Crippen molar-refractivity contribution in [3.63, 3.8) is 0 Å². The van der Waals surface area contributed by atoms with Gasteiger partial charge >= 0.3 is 5.69 Å². The van der Waals surface area contributed by atoms with Crippen LogP contribution in [-0.2, 0) is 13.6 Å². The van der Waals surface area contributed by atoms with Crippen LogP contribution < -0.4 is 16.7 Å². The summed E-state index contributed by atoms with van der Waals surface area (Å²) in [5.74, 6) is 0.566. The van der Waals surface area contributed by atoms with E-state index in [0.717, 1.165) is 24.1 Å². The fourth-order valence-corrected chi connectivity index (χ4v) is 3.74. The van der Waals surface area contributed by atoms with Crippen LogP contribution in [0.3, 0.4) is 0 Å². The molecule has 1 aromatic rings. The zero-order chi connectivity index (χ0) is 19.0. The molecule has 0 aromatic heterocycles. The summed E-state index contributed by atoms with van der Waals surface area (Å²) in [6.45, 7) is 0.989. The summed E-state index contributed by atoms with van der Waals surface area (Å²) in [4.78, 5) is 21.8. The quantitative estimate of drug-likeness (QED) is 0.710. The highest BCUT2D eigenvalue weighted by molar-refractivity contribution is 5.56. The molecule has 4 rings (SSSR count). The van der Waals surface area contributed by atoms with Gasteiger partial charge in [-0.15, -0.1) is 0 Å². The van der Waals surface area contributed by atoms with Crippen molar-refractivity contribution in [1.29, 1.82) is 5.26 Å². The van der Waals surface area contributed by atoms with Crippen LogP contribution in [0.1, 0.15) is 35.7 Å². The number of aromatic nitrogens is 4. The van der Waals surface area contributed by atoms with Crippen molar-refractivity contribution in [2.75, 3.05) is 6.54 Å². The minimum absolute atomic E-state index is 0.0350. The molecular weight excluding hydrogens is 342 g/mol. The maximum atomic E-state index is 13.1. The van der Waals surface area contributed by atoms with E-state index in [1.807, 2.05) is 18.2 Å². The molecule has 2 atom stereocenters. The number of piperidine rings is 1. The zero-order valence-electron chi connectivity index (χ0n) is 15.1. The summed E-state index contributed by atoms with van der Waals surface area (Å²) < 4.78 is 3.22. The van der Waals surface area contributed by atoms with Crippen LogP contribution in [0, 0.1) is 11.3 Å². The predicted octanol–water partition coefficient (Wildman–Crippen LogP) is 0.753. The van der Waals surface area contributed by atoms with Crippen molar-refractivity contribution < 1.29 is 0 Å². The highest BCUT2D eigenvalue weighted by atomic mass is 16.1. The number of nitrogens with two attached hydrogens (primary N) is 1. The monoisotopic (exact) mass is 363 g/mol. The summed E-state index contributed by atoms with van der Waals surface area (Å²) in [7, 11) is 1.69. The van der Waals surface area contributed by atoms with Crippen LogP contribution in [0.4, 0.5) is 0 Å². The van der Waals surface area contributed by atoms with E-state index in [4.69, 9.17) is 5.73 Å². The van der Waals surface area contributed by atoms with Gasteiger partial charge in [0.25, 0.3) is 0 Å². The third-order valence-electron chi connectivity index (χ3n) is 5.20. The Morgan fingerprint density at radius 1 is 1.33 bits per heavy atom. The minimum atomic E-state index is -0.178. The van der Waals surface area contributed by atoms with E-state index < -0.39 is 0 Å². The van der Waals surface area contributed by atoms with Gasteiger partial charge in [-0.25, -0.2) is 14.8 Å². The van der Waals surface area contributed by atoms with E-state index >= 15 is 0 Å². The van der Waals surface area contributed by atoms with Gasteiger partial charge in [0.2, 0.25) is 0 Å². The number of imidazole rings is 1. The van der Waals surface area contributed by atoms with E-state index in [2.05, 4.69) is 21.4 Å². The highest BCUT2D eigenvalue weighted by Crippen LogP contribution is 2.30. The Hall–Kier alpha value is -3.02. The number of benzene rings is 1. The normalized spacial score (nSPS) is 19.9. The lowest BCUT2D eigenvalue weighted by molar-refractivity contribution is 0.356. The Bertz CT molecular complexity index is 1040. The van der Waals surface area contributed by atoms with Gasteiger partial charge in [-0.05, 0) is 24.5 Å². The molecule has 0 saturated carbocycles. The van der Waals surface area contributed by atoms with Crippen molar-refractivity contribution in [2.45, 2.75) is 31.5 Å². The van der Waals surface area contributed by atoms with Gasteiger partial charge in [-0.3, -0.25) is 9.13 Å². The van der Waals surface area contributed by atoms with Crippen molar-refractivity contribution in [2.24, 2.45) is 12.8 Å². The molecule has 8 heteroatoms. The van der Waals surface area contributed by atoms with E-state index in [1.165, 1.54) is 10.9 Å². The number of fused-ring (bicyclic) bond motifs is 1. The lowest BCUT2D eigenvalue weighted by atomic mass is 9.96. The first-order valence-electron chi connectivity index (χ1n) is 8.97. The molecule has 2 unspecified atom stereocenters. The second-order valence-corrected chi connectivity index (χ2v) is 6.93. The molecule has 0 amide bonds. The number of hydrogen-bond acceptors (Lipinski definition) is 6. The largest absolute Gasteiger partial charge is 0.330 e. The molecule has 0 spiro atoms. The second kappa shape index (κ2) is 6.95. The van der Waals surface area contributed by atoms with E-state index in [-0.39, 0.29) is 17.8 Å². The fraction of sp³-hybridized carbons (Fsp3) is 0.368. The third kappa shape index (κ3) is 3.01. The van der Waals surface area contributed by atoms with Gasteiger partial charge < -0.3 is 11.1 Å². The molecular formula is C19H21N7O. The molecule has 1 aromatic carbocycles. The van der Waals surface area contributed by atoms with Crippen molar-refractivity contribution in [3.8, 4) is 17.6 Å². The predicted molar refractivity (Wildman–Crippen MR) is 100 cm³/mol. The summed E-state index contributed by atoms with van der Waals surface area (Å²) >= 11 is 0. The summed E-state index contributed by atoms with van der Waals surface area (Å²) in [5, 5.41) is 12.9. The number of hydrogen-bond donors (Lipinski definition) is 2. The average molecular weight is 363 g/mol. The van der Waals surface area contributed by atoms with Gasteiger partial charge in [0, 0.05) is 19.6 Å². The Morgan fingerprint density at radius 3 is 2.89 bits per heavy atom. The molecule has 3 aliphatic heterocycles. The SMILES string of the molecule is Cn1c2ncnc-2c(C2CCC(N)CN2)n(Cc2ccccc2C#N)c1=O. The molecule has 3 N–H and O–H groups in total. The molecule has 8 nitrogen and oxygen atoms in total. The summed E-state index contributed by atoms with van der Waals surface area (Å²) in [5.41, 5.74) is 8.72. The van der Waals surface area contributed by atoms with Gasteiger partial charge in [0.15, 0.2) is 5.82 Å². The molecule has 27 heavy (non-hydrogen) atoms. The van der Waals surface area contributed by atoms with Gasteiger partial charge in [-0.2, -0.15) is 5.26 Å². The highest BCUT2D eigenvalue weighted by Gasteiger charge is 2.30. The standard InChI is InChI=1S/C19H21N7O/c1-25-18-16(23-11-24-18)17(15-7-6-14(21)9-22-15)26(19(25)27)10-13-5-3-2-4-12(13)8-20/h2-5,11,14-15,22H,6-7,9-10,21H2,1H3. The molecule has 1 fully saturated rings. The maximum absolute atomic E-state index is 13.1. The van der Waals surface area contributed by atoms with E-state index in [0.29, 0.717) is 30.2 Å². The molecule has 0 radical (unpaired) electrons. The molecule has 138 valence electrons. The van der Waals surface area contributed by atoms with Crippen LogP contribution in [0.5, 0.6) is 0 Å². The van der Waals surface area contributed by atoms with Gasteiger partial charge in [0.1, 0.15) is 12.0 Å². The van der Waals surface area contributed by atoms with E-state index in [9.17, 15) is 10.1 Å². The molecule has 0 aliphatic carbocycles. The summed E-state index contributed by atoms with van der Waals surface area (Å²) in [6.07, 6.45) is 3.17. The van der Waals surface area contributed by atoms with Crippen LogP contribution in [0.15, 0.2) is 35.4 Å². The van der Waals surface area contributed by atoms with Gasteiger partial charge in [-0.1, -0.05) is 18.2 Å². The summed E-state index contributed by atoms with van der Waals surface area (Å²) in [6, 6.07) is 9.62. The van der Waals surface area contributed by atoms with Crippen molar-refractivity contribution >= 4 is 0 Å². The molecule has 0 bridgehead atoms. The second-order valence-electron chi connectivity index (χ2n) is 6.93. The van der Waals surface area contributed by atoms with Gasteiger partial charge in [0.05, 0.1) is 29.9 Å². The van der Waals surface area contributed by atoms with Crippen LogP contribution in [0.25, 0.3) is 11.5 Å². The lowest BCUT2D eigenvalue weighted by Crippen LogP contribution is -2.44. The Balaban J connectivity index is 1.89. The smallest absolute Gasteiger partial charge is 0.327 e. The first-order valence-corrected chi connectivity index (χ1v) is 8.97. The zero-order valence-corrected chi connectivity index (χ0v) is 15.1. The Labute approximate surface area is 156 Å².